The highest BCUT2D eigenvalue weighted by Crippen LogP contribution is 2.29. The van der Waals surface area contributed by atoms with E-state index in [1.54, 1.807) is 43.3 Å². The average Bonchev–Trinajstić information content (AvgIpc) is 2.97. The molecule has 3 N–H and O–H groups in total. The van der Waals surface area contributed by atoms with Gasteiger partial charge in [0.15, 0.2) is 0 Å². The number of rotatable bonds is 7. The summed E-state index contributed by atoms with van der Waals surface area (Å²) in [5.74, 6) is -0.407. The summed E-state index contributed by atoms with van der Waals surface area (Å²) in [6.45, 7) is 1.99. The first-order valence-corrected chi connectivity index (χ1v) is 9.54. The van der Waals surface area contributed by atoms with Gasteiger partial charge in [0.05, 0.1) is 24.3 Å². The fraction of sp³-hybridized carbons (Fsp3) is 0.429. The maximum Gasteiger partial charge on any atom is 0.253 e. The van der Waals surface area contributed by atoms with E-state index in [9.17, 15) is 19.4 Å². The van der Waals surface area contributed by atoms with Gasteiger partial charge in [0.2, 0.25) is 0 Å². The van der Waals surface area contributed by atoms with Crippen molar-refractivity contribution in [3.05, 3.63) is 59.7 Å². The summed E-state index contributed by atoms with van der Waals surface area (Å²) in [7, 11) is 1.77. The van der Waals surface area contributed by atoms with E-state index in [-0.39, 0.29) is 12.5 Å². The Balaban J connectivity index is 1.79. The van der Waals surface area contributed by atoms with Crippen LogP contribution in [-0.2, 0) is 0 Å². The highest BCUT2D eigenvalue weighted by atomic mass is 19.1. The highest BCUT2D eigenvalue weighted by molar-refractivity contribution is 5.95. The SMILES string of the molecule is Cc1ncccc1C(=O)N[C@@H]1C[C@@H](Oc2cccc(F)c2)[C@H](O)[C@H]1N(C)CCO. The zero-order chi connectivity index (χ0) is 21.0. The standard InChI is InChI=1S/C21H26FN3O4/c1-13-16(7-4-8-23-13)21(28)24-17-12-18(20(27)19(17)25(2)9-10-26)29-15-6-3-5-14(22)11-15/h3-8,11,17-20,26-27H,9-10,12H2,1-2H3,(H,24,28)/t17-,18-,19+,20+/m1/s1. The molecule has 7 nitrogen and oxygen atoms in total. The van der Waals surface area contributed by atoms with Crippen LogP contribution in [-0.4, -0.2) is 70.5 Å². The van der Waals surface area contributed by atoms with Crippen molar-refractivity contribution >= 4 is 5.91 Å². The van der Waals surface area contributed by atoms with Crippen LogP contribution in [0.2, 0.25) is 0 Å². The van der Waals surface area contributed by atoms with E-state index < -0.39 is 30.1 Å². The molecule has 1 aliphatic carbocycles. The van der Waals surface area contributed by atoms with E-state index in [0.29, 0.717) is 30.0 Å². The Kier molecular flexibility index (Phi) is 6.79. The number of benzene rings is 1. The van der Waals surface area contributed by atoms with Crippen LogP contribution >= 0.6 is 0 Å². The Morgan fingerprint density at radius 3 is 2.86 bits per heavy atom. The van der Waals surface area contributed by atoms with Crippen molar-refractivity contribution in [1.82, 2.24) is 15.2 Å². The lowest BCUT2D eigenvalue weighted by molar-refractivity contribution is 0.0109. The number of likely N-dealkylation sites (N-methyl/N-ethyl adjacent to an activating group) is 1. The number of aryl methyl sites for hydroxylation is 1. The summed E-state index contributed by atoms with van der Waals surface area (Å²) in [6, 6.07) is 8.21. The molecule has 1 aromatic heterocycles. The van der Waals surface area contributed by atoms with Crippen LogP contribution in [0.5, 0.6) is 5.75 Å². The number of aliphatic hydroxyl groups is 2. The van der Waals surface area contributed by atoms with Gasteiger partial charge < -0.3 is 20.3 Å². The first-order chi connectivity index (χ1) is 13.9. The second kappa shape index (κ2) is 9.30. The van der Waals surface area contributed by atoms with Gasteiger partial charge in [0, 0.05) is 30.9 Å². The zero-order valence-corrected chi connectivity index (χ0v) is 16.5. The second-order valence-electron chi connectivity index (χ2n) is 7.25. The third-order valence-electron chi connectivity index (χ3n) is 5.24. The van der Waals surface area contributed by atoms with E-state index in [0.717, 1.165) is 0 Å². The normalized spacial score (nSPS) is 23.9. The molecule has 1 amide bonds. The van der Waals surface area contributed by atoms with Gasteiger partial charge in [-0.05, 0) is 38.2 Å². The Morgan fingerprint density at radius 2 is 2.17 bits per heavy atom. The molecule has 1 saturated carbocycles. The summed E-state index contributed by atoms with van der Waals surface area (Å²) in [5, 5.41) is 23.2. The molecule has 1 aliphatic rings. The topological polar surface area (TPSA) is 94.9 Å². The molecule has 0 aliphatic heterocycles. The number of nitrogens with one attached hydrogen (secondary N) is 1. The fourth-order valence-corrected chi connectivity index (χ4v) is 3.81. The Morgan fingerprint density at radius 1 is 1.38 bits per heavy atom. The lowest BCUT2D eigenvalue weighted by Gasteiger charge is -2.31. The van der Waals surface area contributed by atoms with Gasteiger partial charge in [-0.2, -0.15) is 0 Å². The minimum absolute atomic E-state index is 0.0858. The predicted molar refractivity (Wildman–Crippen MR) is 105 cm³/mol. The lowest BCUT2D eigenvalue weighted by Crippen LogP contribution is -2.52. The number of aliphatic hydroxyl groups excluding tert-OH is 2. The quantitative estimate of drug-likeness (QED) is 0.642. The molecule has 8 heteroatoms. The Hall–Kier alpha value is -2.55. The number of carbonyl (C=O) groups is 1. The van der Waals surface area contributed by atoms with Crippen molar-refractivity contribution in [1.29, 1.82) is 0 Å². The van der Waals surface area contributed by atoms with Crippen LogP contribution < -0.4 is 10.1 Å². The minimum Gasteiger partial charge on any atom is -0.487 e. The molecule has 1 fully saturated rings. The molecule has 156 valence electrons. The molecule has 29 heavy (non-hydrogen) atoms. The molecule has 0 saturated heterocycles. The van der Waals surface area contributed by atoms with Crippen molar-refractivity contribution in [3.8, 4) is 5.75 Å². The number of halogens is 1. The lowest BCUT2D eigenvalue weighted by atomic mass is 10.1. The molecule has 0 bridgehead atoms. The van der Waals surface area contributed by atoms with Crippen LogP contribution in [0.1, 0.15) is 22.5 Å². The molecule has 0 unspecified atom stereocenters. The third-order valence-corrected chi connectivity index (χ3v) is 5.24. The van der Waals surface area contributed by atoms with Gasteiger partial charge >= 0.3 is 0 Å². The largest absolute Gasteiger partial charge is 0.487 e. The van der Waals surface area contributed by atoms with Crippen LogP contribution in [0.15, 0.2) is 42.6 Å². The second-order valence-corrected chi connectivity index (χ2v) is 7.25. The number of ether oxygens (including phenoxy) is 1. The molecule has 1 aromatic carbocycles. The van der Waals surface area contributed by atoms with Crippen LogP contribution in [0, 0.1) is 12.7 Å². The molecular formula is C21H26FN3O4. The van der Waals surface area contributed by atoms with Crippen LogP contribution in [0.25, 0.3) is 0 Å². The van der Waals surface area contributed by atoms with Crippen molar-refractivity contribution < 1.29 is 24.1 Å². The average molecular weight is 403 g/mol. The predicted octanol–water partition coefficient (Wildman–Crippen LogP) is 1.13. The fourth-order valence-electron chi connectivity index (χ4n) is 3.81. The van der Waals surface area contributed by atoms with E-state index in [4.69, 9.17) is 4.74 Å². The molecule has 4 atom stereocenters. The first kappa shape index (κ1) is 21.2. The Bertz CT molecular complexity index is 850. The van der Waals surface area contributed by atoms with Crippen LogP contribution in [0.4, 0.5) is 4.39 Å². The van der Waals surface area contributed by atoms with Gasteiger partial charge in [-0.1, -0.05) is 6.07 Å². The summed E-state index contributed by atoms with van der Waals surface area (Å²) in [4.78, 5) is 18.7. The van der Waals surface area contributed by atoms with Crippen molar-refractivity contribution in [2.75, 3.05) is 20.2 Å². The van der Waals surface area contributed by atoms with Crippen molar-refractivity contribution in [2.24, 2.45) is 0 Å². The smallest absolute Gasteiger partial charge is 0.253 e. The summed E-state index contributed by atoms with van der Waals surface area (Å²) in [5.41, 5.74) is 1.07. The molecular weight excluding hydrogens is 377 g/mol. The monoisotopic (exact) mass is 403 g/mol. The minimum atomic E-state index is -0.935. The van der Waals surface area contributed by atoms with Gasteiger partial charge in [0.1, 0.15) is 23.8 Å². The van der Waals surface area contributed by atoms with E-state index in [1.807, 2.05) is 0 Å². The van der Waals surface area contributed by atoms with E-state index >= 15 is 0 Å². The summed E-state index contributed by atoms with van der Waals surface area (Å²) in [6.07, 6.45) is 0.383. The van der Waals surface area contributed by atoms with Gasteiger partial charge in [0.25, 0.3) is 5.91 Å². The summed E-state index contributed by atoms with van der Waals surface area (Å²) >= 11 is 0. The van der Waals surface area contributed by atoms with Crippen LogP contribution in [0.3, 0.4) is 0 Å². The maximum absolute atomic E-state index is 13.5. The maximum atomic E-state index is 13.5. The number of pyridine rings is 1. The highest BCUT2D eigenvalue weighted by Gasteiger charge is 2.46. The molecule has 1 heterocycles. The molecule has 0 spiro atoms. The molecule has 0 radical (unpaired) electrons. The number of amides is 1. The first-order valence-electron chi connectivity index (χ1n) is 9.54. The number of hydrogen-bond donors (Lipinski definition) is 3. The Labute approximate surface area is 169 Å². The number of carbonyl (C=O) groups excluding carboxylic acids is 1. The van der Waals surface area contributed by atoms with Gasteiger partial charge in [-0.15, -0.1) is 0 Å². The third kappa shape index (κ3) is 4.90. The van der Waals surface area contributed by atoms with Crippen molar-refractivity contribution in [3.63, 3.8) is 0 Å². The van der Waals surface area contributed by atoms with Gasteiger partial charge in [-0.25, -0.2) is 4.39 Å². The number of nitrogens with zero attached hydrogens (tertiary/aromatic N) is 2. The van der Waals surface area contributed by atoms with Gasteiger partial charge in [-0.3, -0.25) is 14.7 Å². The van der Waals surface area contributed by atoms with E-state index in [2.05, 4.69) is 10.3 Å². The zero-order valence-electron chi connectivity index (χ0n) is 16.5. The summed E-state index contributed by atoms with van der Waals surface area (Å²) < 4.78 is 19.3. The molecule has 3 rings (SSSR count). The van der Waals surface area contributed by atoms with E-state index in [1.165, 1.54) is 18.2 Å². The van der Waals surface area contributed by atoms with Crippen molar-refractivity contribution in [2.45, 2.75) is 37.6 Å². The number of aromatic nitrogens is 1. The number of hydrogen-bond acceptors (Lipinski definition) is 6. The molecule has 2 aromatic rings.